The lowest BCUT2D eigenvalue weighted by molar-refractivity contribution is 0.103. The normalized spacial score (nSPS) is 10.0. The highest BCUT2D eigenvalue weighted by Gasteiger charge is 2.12. The SMILES string of the molecule is Nc1ccc(C(=O)c2ccccc2)c(O)c1. The van der Waals surface area contributed by atoms with Gasteiger partial charge in [-0.3, -0.25) is 4.79 Å². The molecule has 0 saturated heterocycles. The highest BCUT2D eigenvalue weighted by molar-refractivity contribution is 6.10. The van der Waals surface area contributed by atoms with Gasteiger partial charge in [-0.2, -0.15) is 0 Å². The van der Waals surface area contributed by atoms with Crippen LogP contribution in [0.5, 0.6) is 5.75 Å². The molecule has 2 aromatic carbocycles. The summed E-state index contributed by atoms with van der Waals surface area (Å²) in [6, 6.07) is 13.3. The zero-order chi connectivity index (χ0) is 11.5. The number of aromatic hydroxyl groups is 1. The summed E-state index contributed by atoms with van der Waals surface area (Å²) in [5, 5.41) is 9.62. The van der Waals surface area contributed by atoms with Crippen molar-refractivity contribution in [3.63, 3.8) is 0 Å². The summed E-state index contributed by atoms with van der Waals surface area (Å²) < 4.78 is 0. The number of ketones is 1. The van der Waals surface area contributed by atoms with Gasteiger partial charge in [0.2, 0.25) is 0 Å². The Hall–Kier alpha value is -2.29. The van der Waals surface area contributed by atoms with E-state index in [0.29, 0.717) is 11.3 Å². The fraction of sp³-hybridized carbons (Fsp3) is 0. The third-order valence-corrected chi connectivity index (χ3v) is 2.30. The van der Waals surface area contributed by atoms with Crippen molar-refractivity contribution in [2.45, 2.75) is 0 Å². The number of phenolic OH excluding ortho intramolecular Hbond substituents is 1. The Labute approximate surface area is 93.1 Å². The third-order valence-electron chi connectivity index (χ3n) is 2.30. The molecule has 0 aromatic heterocycles. The van der Waals surface area contributed by atoms with Crippen LogP contribution in [0.2, 0.25) is 0 Å². The molecule has 16 heavy (non-hydrogen) atoms. The van der Waals surface area contributed by atoms with E-state index >= 15 is 0 Å². The molecular formula is C13H11NO2. The number of hydrogen-bond acceptors (Lipinski definition) is 3. The Morgan fingerprint density at radius 3 is 2.38 bits per heavy atom. The zero-order valence-corrected chi connectivity index (χ0v) is 8.55. The molecule has 0 bridgehead atoms. The molecule has 3 N–H and O–H groups in total. The van der Waals surface area contributed by atoms with Gasteiger partial charge in [0, 0.05) is 17.3 Å². The first-order chi connectivity index (χ1) is 7.68. The van der Waals surface area contributed by atoms with E-state index in [1.165, 1.54) is 12.1 Å². The molecule has 0 aliphatic carbocycles. The van der Waals surface area contributed by atoms with Crippen LogP contribution in [0.15, 0.2) is 48.5 Å². The van der Waals surface area contributed by atoms with Gasteiger partial charge < -0.3 is 10.8 Å². The minimum Gasteiger partial charge on any atom is -0.507 e. The molecule has 0 fully saturated rings. The van der Waals surface area contributed by atoms with Crippen molar-refractivity contribution >= 4 is 11.5 Å². The minimum absolute atomic E-state index is 0.0890. The molecule has 3 heteroatoms. The number of anilines is 1. The number of nitrogens with two attached hydrogens (primary N) is 1. The van der Waals surface area contributed by atoms with Gasteiger partial charge in [-0.05, 0) is 12.1 Å². The number of rotatable bonds is 2. The summed E-state index contributed by atoms with van der Waals surface area (Å²) in [6.07, 6.45) is 0. The average Bonchev–Trinajstić information content (AvgIpc) is 2.29. The maximum Gasteiger partial charge on any atom is 0.196 e. The van der Waals surface area contributed by atoms with Crippen molar-refractivity contribution in [2.75, 3.05) is 5.73 Å². The third kappa shape index (κ3) is 1.88. The number of phenols is 1. The molecule has 0 radical (unpaired) electrons. The fourth-order valence-electron chi connectivity index (χ4n) is 1.49. The molecule has 3 nitrogen and oxygen atoms in total. The van der Waals surface area contributed by atoms with Crippen LogP contribution in [-0.2, 0) is 0 Å². The van der Waals surface area contributed by atoms with Gasteiger partial charge >= 0.3 is 0 Å². The van der Waals surface area contributed by atoms with E-state index in [1.54, 1.807) is 30.3 Å². The van der Waals surface area contributed by atoms with Crippen molar-refractivity contribution in [2.24, 2.45) is 0 Å². The van der Waals surface area contributed by atoms with E-state index in [2.05, 4.69) is 0 Å². The highest BCUT2D eigenvalue weighted by atomic mass is 16.3. The van der Waals surface area contributed by atoms with Gasteiger partial charge in [0.1, 0.15) is 5.75 Å². The second kappa shape index (κ2) is 4.06. The number of nitrogen functional groups attached to an aromatic ring is 1. The van der Waals surface area contributed by atoms with E-state index < -0.39 is 0 Å². The average molecular weight is 213 g/mol. The maximum atomic E-state index is 12.0. The van der Waals surface area contributed by atoms with Gasteiger partial charge in [-0.1, -0.05) is 30.3 Å². The quantitative estimate of drug-likeness (QED) is 0.593. The predicted octanol–water partition coefficient (Wildman–Crippen LogP) is 2.21. The Kier molecular flexibility index (Phi) is 2.60. The second-order valence-corrected chi connectivity index (χ2v) is 3.47. The smallest absolute Gasteiger partial charge is 0.196 e. The maximum absolute atomic E-state index is 12.0. The molecule has 80 valence electrons. The summed E-state index contributed by atoms with van der Waals surface area (Å²) in [7, 11) is 0. The molecular weight excluding hydrogens is 202 g/mol. The van der Waals surface area contributed by atoms with E-state index in [9.17, 15) is 9.90 Å². The minimum atomic E-state index is -0.210. The summed E-state index contributed by atoms with van der Waals surface area (Å²) in [5.41, 5.74) is 6.74. The van der Waals surface area contributed by atoms with Crippen LogP contribution in [0.25, 0.3) is 0 Å². The molecule has 2 aromatic rings. The number of hydrogen-bond donors (Lipinski definition) is 2. The molecule has 0 heterocycles. The Balaban J connectivity index is 2.42. The van der Waals surface area contributed by atoms with Crippen LogP contribution in [0, 0.1) is 0 Å². The van der Waals surface area contributed by atoms with Crippen LogP contribution in [0.1, 0.15) is 15.9 Å². The first kappa shape index (κ1) is 10.2. The molecule has 0 aliphatic heterocycles. The fourth-order valence-corrected chi connectivity index (χ4v) is 1.49. The largest absolute Gasteiger partial charge is 0.507 e. The van der Waals surface area contributed by atoms with Crippen LogP contribution < -0.4 is 5.73 Å². The standard InChI is InChI=1S/C13H11NO2/c14-10-6-7-11(12(15)8-10)13(16)9-4-2-1-3-5-9/h1-8,15H,14H2. The van der Waals surface area contributed by atoms with Crippen LogP contribution in [0.4, 0.5) is 5.69 Å². The molecule has 0 atom stereocenters. The predicted molar refractivity (Wildman–Crippen MR) is 62.4 cm³/mol. The molecule has 0 saturated carbocycles. The van der Waals surface area contributed by atoms with Crippen LogP contribution in [-0.4, -0.2) is 10.9 Å². The Morgan fingerprint density at radius 1 is 1.06 bits per heavy atom. The highest BCUT2D eigenvalue weighted by Crippen LogP contribution is 2.22. The second-order valence-electron chi connectivity index (χ2n) is 3.47. The number of carbonyl (C=O) groups excluding carboxylic acids is 1. The van der Waals surface area contributed by atoms with Gasteiger partial charge in [0.15, 0.2) is 5.78 Å². The van der Waals surface area contributed by atoms with Gasteiger partial charge in [0.25, 0.3) is 0 Å². The first-order valence-electron chi connectivity index (χ1n) is 4.87. The van der Waals surface area contributed by atoms with Gasteiger partial charge in [-0.25, -0.2) is 0 Å². The number of carbonyl (C=O) groups is 1. The summed E-state index contributed by atoms with van der Waals surface area (Å²) in [5.74, 6) is -0.299. The van der Waals surface area contributed by atoms with Crippen molar-refractivity contribution < 1.29 is 9.90 Å². The van der Waals surface area contributed by atoms with Crippen molar-refractivity contribution in [3.8, 4) is 5.75 Å². The molecule has 0 aliphatic rings. The van der Waals surface area contributed by atoms with Gasteiger partial charge in [-0.15, -0.1) is 0 Å². The molecule has 0 unspecified atom stereocenters. The monoisotopic (exact) mass is 213 g/mol. The van der Waals surface area contributed by atoms with Crippen LogP contribution >= 0.6 is 0 Å². The Morgan fingerprint density at radius 2 is 1.75 bits per heavy atom. The molecule has 0 amide bonds. The molecule has 0 spiro atoms. The van der Waals surface area contributed by atoms with Crippen molar-refractivity contribution in [1.29, 1.82) is 0 Å². The molecule has 2 rings (SSSR count). The van der Waals surface area contributed by atoms with E-state index in [4.69, 9.17) is 5.73 Å². The Bertz CT molecular complexity index is 521. The topological polar surface area (TPSA) is 63.3 Å². The number of benzene rings is 2. The summed E-state index contributed by atoms with van der Waals surface area (Å²) >= 11 is 0. The summed E-state index contributed by atoms with van der Waals surface area (Å²) in [4.78, 5) is 12.0. The van der Waals surface area contributed by atoms with E-state index in [1.807, 2.05) is 6.07 Å². The zero-order valence-electron chi connectivity index (χ0n) is 8.55. The van der Waals surface area contributed by atoms with Crippen molar-refractivity contribution in [3.05, 3.63) is 59.7 Å². The van der Waals surface area contributed by atoms with E-state index in [-0.39, 0.29) is 17.1 Å². The summed E-state index contributed by atoms with van der Waals surface area (Å²) in [6.45, 7) is 0. The van der Waals surface area contributed by atoms with Gasteiger partial charge in [0.05, 0.1) is 5.56 Å². The lowest BCUT2D eigenvalue weighted by atomic mass is 10.0. The first-order valence-corrected chi connectivity index (χ1v) is 4.87. The van der Waals surface area contributed by atoms with Crippen molar-refractivity contribution in [1.82, 2.24) is 0 Å². The van der Waals surface area contributed by atoms with Crippen LogP contribution in [0.3, 0.4) is 0 Å². The lowest BCUT2D eigenvalue weighted by Crippen LogP contribution is -2.01. The lowest BCUT2D eigenvalue weighted by Gasteiger charge is -2.04. The van der Waals surface area contributed by atoms with E-state index in [0.717, 1.165) is 0 Å².